The molecule has 4 aliphatic heterocycles. The van der Waals surface area contributed by atoms with E-state index in [0.29, 0.717) is 88.3 Å². The zero-order valence-corrected chi connectivity index (χ0v) is 39.1. The van der Waals surface area contributed by atoms with E-state index in [-0.39, 0.29) is 47.6 Å². The van der Waals surface area contributed by atoms with E-state index in [9.17, 15) is 19.2 Å². The average Bonchev–Trinajstić information content (AvgIpc) is 4.18. The smallest absolute Gasteiger partial charge is 0.407 e. The lowest BCUT2D eigenvalue weighted by atomic mass is 9.90. The Morgan fingerprint density at radius 2 is 1.15 bits per heavy atom. The first-order valence-electron chi connectivity index (χ1n) is 23.4. The number of benzene rings is 3. The Morgan fingerprint density at radius 3 is 1.69 bits per heavy atom. The number of H-pyrrole nitrogens is 2. The van der Waals surface area contributed by atoms with Crippen molar-refractivity contribution in [3.8, 4) is 33.6 Å². The van der Waals surface area contributed by atoms with Crippen LogP contribution in [-0.4, -0.2) is 120 Å². The van der Waals surface area contributed by atoms with Crippen LogP contribution < -0.4 is 10.6 Å². The highest BCUT2D eigenvalue weighted by Crippen LogP contribution is 2.40. The molecule has 4 fully saturated rings. The Kier molecular flexibility index (Phi) is 13.8. The van der Waals surface area contributed by atoms with Crippen LogP contribution in [0.2, 0.25) is 5.15 Å². The molecule has 0 saturated carbocycles. The summed E-state index contributed by atoms with van der Waals surface area (Å²) in [5, 5.41) is 8.13. The molecule has 2 aromatic heterocycles. The molecule has 6 heterocycles. The fraction of sp³-hybridized carbons (Fsp3) is 0.480. The lowest BCUT2D eigenvalue weighted by molar-refractivity contribution is -0.137. The second-order valence-electron chi connectivity index (χ2n) is 18.6. The maximum atomic E-state index is 14.2. The first kappa shape index (κ1) is 46.2. The Morgan fingerprint density at radius 1 is 0.672 bits per heavy atom. The maximum absolute atomic E-state index is 14.2. The number of halogens is 1. The van der Waals surface area contributed by atoms with Gasteiger partial charge in [-0.05, 0) is 102 Å². The van der Waals surface area contributed by atoms with Gasteiger partial charge in [-0.1, -0.05) is 74.0 Å². The monoisotopic (exact) mass is 934 g/mol. The van der Waals surface area contributed by atoms with Crippen LogP contribution in [-0.2, 0) is 28.5 Å². The summed E-state index contributed by atoms with van der Waals surface area (Å²) in [7, 11) is 2.61. The van der Waals surface area contributed by atoms with Crippen LogP contribution in [0.15, 0.2) is 66.9 Å². The number of alkyl carbamates (subject to hydrolysis) is 2. The summed E-state index contributed by atoms with van der Waals surface area (Å²) in [5.74, 6) is 1.42. The number of hydrogen-bond donors (Lipinski definition) is 4. The molecule has 4 saturated heterocycles. The minimum absolute atomic E-state index is 0.0434. The summed E-state index contributed by atoms with van der Waals surface area (Å²) in [6.45, 7) is 7.52. The fourth-order valence-electron chi connectivity index (χ4n) is 10.5. The zero-order valence-electron chi connectivity index (χ0n) is 38.4. The van der Waals surface area contributed by atoms with Crippen LogP contribution in [0.5, 0.6) is 0 Å². The minimum Gasteiger partial charge on any atom is -0.453 e. The number of imidazole rings is 2. The lowest BCUT2D eigenvalue weighted by Gasteiger charge is -2.34. The number of methoxy groups -OCH3 is 2. The largest absolute Gasteiger partial charge is 0.453 e. The van der Waals surface area contributed by atoms with E-state index in [1.807, 2.05) is 22.1 Å². The van der Waals surface area contributed by atoms with Crippen molar-refractivity contribution in [2.24, 2.45) is 23.7 Å². The molecule has 17 heteroatoms. The lowest BCUT2D eigenvalue weighted by Crippen LogP contribution is -2.53. The van der Waals surface area contributed by atoms with Crippen molar-refractivity contribution < 1.29 is 38.1 Å². The number of ether oxygens (including phenoxy) is 4. The number of likely N-dealkylation sites (tertiary alicyclic amines) is 2. The van der Waals surface area contributed by atoms with Gasteiger partial charge in [-0.2, -0.15) is 0 Å². The number of aromatic amines is 2. The molecule has 67 heavy (non-hydrogen) atoms. The van der Waals surface area contributed by atoms with Gasteiger partial charge in [0.15, 0.2) is 0 Å². The van der Waals surface area contributed by atoms with Gasteiger partial charge in [-0.15, -0.1) is 0 Å². The summed E-state index contributed by atoms with van der Waals surface area (Å²) in [6, 6.07) is 18.8. The van der Waals surface area contributed by atoms with Gasteiger partial charge in [-0.3, -0.25) is 9.59 Å². The molecule has 4 aliphatic rings. The highest BCUT2D eigenvalue weighted by atomic mass is 35.5. The minimum atomic E-state index is -0.735. The maximum Gasteiger partial charge on any atom is 0.407 e. The normalized spacial score (nSPS) is 22.4. The first-order valence-corrected chi connectivity index (χ1v) is 23.8. The summed E-state index contributed by atoms with van der Waals surface area (Å²) >= 11 is 6.87. The molecule has 5 aromatic rings. The quantitative estimate of drug-likeness (QED) is 0.101. The Hall–Kier alpha value is -5.97. The van der Waals surface area contributed by atoms with E-state index >= 15 is 0 Å². The van der Waals surface area contributed by atoms with E-state index in [0.717, 1.165) is 51.0 Å². The van der Waals surface area contributed by atoms with Crippen LogP contribution in [0.25, 0.3) is 44.4 Å². The van der Waals surface area contributed by atoms with E-state index < -0.39 is 24.3 Å². The summed E-state index contributed by atoms with van der Waals surface area (Å²) in [5.41, 5.74) is 5.40. The molecule has 4 N–H and O–H groups in total. The third-order valence-corrected chi connectivity index (χ3v) is 14.3. The second-order valence-corrected chi connectivity index (χ2v) is 19.0. The van der Waals surface area contributed by atoms with Gasteiger partial charge in [0.05, 0.1) is 38.2 Å². The summed E-state index contributed by atoms with van der Waals surface area (Å²) in [4.78, 5) is 73.4. The van der Waals surface area contributed by atoms with Crippen LogP contribution in [0, 0.1) is 23.7 Å². The predicted octanol–water partition coefficient (Wildman–Crippen LogP) is 8.06. The number of carbonyl (C=O) groups excluding carboxylic acids is 4. The molecule has 16 nitrogen and oxygen atoms in total. The van der Waals surface area contributed by atoms with Crippen LogP contribution >= 0.6 is 11.6 Å². The molecule has 4 amide bonds. The molecule has 0 unspecified atom stereocenters. The van der Waals surface area contributed by atoms with Crippen molar-refractivity contribution in [2.75, 3.05) is 53.7 Å². The summed E-state index contributed by atoms with van der Waals surface area (Å²) < 4.78 is 20.9. The van der Waals surface area contributed by atoms with E-state index in [1.54, 1.807) is 0 Å². The molecule has 0 bridgehead atoms. The number of aromatic nitrogens is 4. The van der Waals surface area contributed by atoms with Gasteiger partial charge in [-0.25, -0.2) is 19.6 Å². The molecular weight excluding hydrogens is 876 g/mol. The van der Waals surface area contributed by atoms with Crippen LogP contribution in [0.3, 0.4) is 0 Å². The Bertz CT molecular complexity index is 2590. The number of nitrogens with zero attached hydrogens (tertiary/aromatic N) is 4. The standard InChI is InChI=1S/C50H59ClN8O8/c1-28-21-39(58(26-28)47(60)42(55-49(62)64-3)32-13-17-66-18-14-32)45-52-25-38(53-45)31-7-5-30(6-8-31)34-9-10-36-24-37(12-11-35(36)23-34)41-44(51)57-46(54-41)40-22-29(2)27-59(40)48(61)43(56-50(63)65-4)33-15-19-67-20-16-33/h5-12,23-25,28-29,32-33,39-40,42-43H,13-22,26-27H2,1-4H3,(H,52,53)(H,54,57)(H,55,62)(H,56,63)/t28-,29-,39-,40-,42-,43-/m0/s1. The van der Waals surface area contributed by atoms with Gasteiger partial charge < -0.3 is 49.3 Å². The van der Waals surface area contributed by atoms with E-state index in [4.69, 9.17) is 40.5 Å². The van der Waals surface area contributed by atoms with Crippen LogP contribution in [0.1, 0.15) is 76.1 Å². The molecule has 0 spiro atoms. The number of hydrogen-bond acceptors (Lipinski definition) is 10. The molecule has 354 valence electrons. The topological polar surface area (TPSA) is 193 Å². The van der Waals surface area contributed by atoms with Crippen molar-refractivity contribution in [3.63, 3.8) is 0 Å². The van der Waals surface area contributed by atoms with Gasteiger partial charge in [0.1, 0.15) is 34.6 Å². The number of rotatable bonds is 11. The molecule has 9 rings (SSSR count). The molecule has 0 radical (unpaired) electrons. The first-order chi connectivity index (χ1) is 32.5. The molecule has 3 aromatic carbocycles. The zero-order chi connectivity index (χ0) is 46.8. The van der Waals surface area contributed by atoms with Gasteiger partial charge in [0.25, 0.3) is 0 Å². The van der Waals surface area contributed by atoms with Crippen molar-refractivity contribution in [3.05, 3.63) is 83.7 Å². The third kappa shape index (κ3) is 9.88. The third-order valence-electron chi connectivity index (χ3n) is 14.1. The predicted molar refractivity (Wildman–Crippen MR) is 252 cm³/mol. The highest BCUT2D eigenvalue weighted by Gasteiger charge is 2.44. The fourth-order valence-corrected chi connectivity index (χ4v) is 10.7. The van der Waals surface area contributed by atoms with Crippen molar-refractivity contribution in [1.29, 1.82) is 0 Å². The molecule has 6 atom stereocenters. The van der Waals surface area contributed by atoms with Crippen molar-refractivity contribution >= 4 is 46.4 Å². The van der Waals surface area contributed by atoms with Crippen molar-refractivity contribution in [2.45, 2.75) is 76.5 Å². The average molecular weight is 936 g/mol. The highest BCUT2D eigenvalue weighted by molar-refractivity contribution is 6.32. The number of carbonyl (C=O) groups is 4. The second kappa shape index (κ2) is 20.1. The van der Waals surface area contributed by atoms with E-state index in [2.05, 4.69) is 89.0 Å². The number of amides is 4. The molecular formula is C50H59ClN8O8. The Balaban J connectivity index is 0.888. The van der Waals surface area contributed by atoms with Gasteiger partial charge in [0, 0.05) is 45.1 Å². The SMILES string of the molecule is COC(=O)N[C@H](C(=O)N1C[C@@H](C)C[C@H]1c1ncc(-c2ccc(-c3ccc4cc(-c5nc([C@@H]6C[C@H](C)CN6C(=O)[C@@H](NC(=O)OC)C6CCOCC6)[nH]c5Cl)ccc4c3)cc2)[nH]1)C1CCOCC1. The van der Waals surface area contributed by atoms with Gasteiger partial charge >= 0.3 is 12.2 Å². The van der Waals surface area contributed by atoms with E-state index in [1.165, 1.54) is 14.2 Å². The Labute approximate surface area is 394 Å². The van der Waals surface area contributed by atoms with Gasteiger partial charge in [0.2, 0.25) is 11.8 Å². The van der Waals surface area contributed by atoms with Crippen molar-refractivity contribution in [1.82, 2.24) is 40.4 Å². The number of fused-ring (bicyclic) bond motifs is 1. The summed E-state index contributed by atoms with van der Waals surface area (Å²) in [6.07, 6.45) is 4.73. The number of nitrogens with one attached hydrogen (secondary N) is 4. The molecule has 0 aliphatic carbocycles. The van der Waals surface area contributed by atoms with Crippen LogP contribution in [0.4, 0.5) is 9.59 Å².